The van der Waals surface area contributed by atoms with Gasteiger partial charge in [-0.05, 0) is 41.5 Å². The predicted molar refractivity (Wildman–Crippen MR) is 105 cm³/mol. The van der Waals surface area contributed by atoms with Crippen molar-refractivity contribution in [2.24, 2.45) is 5.41 Å². The van der Waals surface area contributed by atoms with Gasteiger partial charge in [-0.25, -0.2) is 4.79 Å². The van der Waals surface area contributed by atoms with Crippen LogP contribution in [-0.4, -0.2) is 11.2 Å². The monoisotopic (exact) mass is 361 g/mol. The maximum atomic E-state index is 12.6. The summed E-state index contributed by atoms with van der Waals surface area (Å²) in [4.78, 5) is 12.6. The average Bonchev–Trinajstić information content (AvgIpc) is 3.19. The zero-order valence-corrected chi connectivity index (χ0v) is 15.5. The summed E-state index contributed by atoms with van der Waals surface area (Å²) in [6, 6.07) is 17.5. The minimum atomic E-state index is -0.195. The van der Waals surface area contributed by atoms with Crippen LogP contribution in [0.4, 0.5) is 10.5 Å². The van der Waals surface area contributed by atoms with E-state index < -0.39 is 0 Å². The van der Waals surface area contributed by atoms with Crippen molar-refractivity contribution in [3.63, 3.8) is 0 Å². The topological polar surface area (TPSA) is 67.2 Å². The van der Waals surface area contributed by atoms with Crippen molar-refractivity contribution >= 4 is 11.7 Å². The third-order valence-electron chi connectivity index (χ3n) is 5.34. The molecule has 0 saturated carbocycles. The summed E-state index contributed by atoms with van der Waals surface area (Å²) in [5.74, 6) is 0. The molecule has 2 N–H and O–H groups in total. The zero-order valence-electron chi connectivity index (χ0n) is 15.5. The minimum Gasteiger partial charge on any atom is -0.364 e. The first kappa shape index (κ1) is 17.3. The van der Waals surface area contributed by atoms with Crippen molar-refractivity contribution in [2.45, 2.75) is 32.7 Å². The average molecular weight is 361 g/mol. The Bertz CT molecular complexity index is 930. The zero-order chi connectivity index (χ0) is 18.9. The summed E-state index contributed by atoms with van der Waals surface area (Å²) in [7, 11) is 0. The second kappa shape index (κ2) is 6.91. The van der Waals surface area contributed by atoms with E-state index >= 15 is 0 Å². The van der Waals surface area contributed by atoms with E-state index in [2.05, 4.69) is 47.8 Å². The molecule has 4 rings (SSSR count). The van der Waals surface area contributed by atoms with E-state index in [9.17, 15) is 4.79 Å². The number of benzene rings is 2. The highest BCUT2D eigenvalue weighted by Gasteiger charge is 2.36. The van der Waals surface area contributed by atoms with Gasteiger partial charge >= 0.3 is 6.03 Å². The number of urea groups is 1. The van der Waals surface area contributed by atoms with Crippen LogP contribution in [0, 0.1) is 5.41 Å². The maximum absolute atomic E-state index is 12.6. The van der Waals surface area contributed by atoms with Crippen LogP contribution in [0.1, 0.15) is 37.4 Å². The van der Waals surface area contributed by atoms with Crippen molar-refractivity contribution in [3.05, 3.63) is 72.0 Å². The van der Waals surface area contributed by atoms with Crippen LogP contribution in [0.3, 0.4) is 0 Å². The van der Waals surface area contributed by atoms with Crippen LogP contribution < -0.4 is 10.6 Å². The van der Waals surface area contributed by atoms with Gasteiger partial charge in [0.05, 0.1) is 6.04 Å². The van der Waals surface area contributed by atoms with Gasteiger partial charge in [-0.3, -0.25) is 0 Å². The van der Waals surface area contributed by atoms with E-state index in [1.54, 1.807) is 12.3 Å². The molecule has 0 spiro atoms. The van der Waals surface area contributed by atoms with Crippen LogP contribution in [0.5, 0.6) is 0 Å². The Balaban J connectivity index is 1.47. The number of fused-ring (bicyclic) bond motifs is 1. The molecule has 1 aromatic heterocycles. The Morgan fingerprint density at radius 3 is 2.63 bits per heavy atom. The van der Waals surface area contributed by atoms with Crippen molar-refractivity contribution in [1.82, 2.24) is 10.5 Å². The molecule has 1 aliphatic carbocycles. The molecule has 3 aromatic rings. The lowest BCUT2D eigenvalue weighted by Gasteiger charge is -2.40. The number of nitrogens with zero attached hydrogens (tertiary/aromatic N) is 1. The lowest BCUT2D eigenvalue weighted by molar-refractivity contribution is 0.202. The fourth-order valence-corrected chi connectivity index (χ4v) is 3.72. The fourth-order valence-electron chi connectivity index (χ4n) is 3.72. The van der Waals surface area contributed by atoms with E-state index in [0.29, 0.717) is 0 Å². The SMILES string of the molecule is CC1(C)CCc2ccccc2C1NC(=O)Nc1ccc(-c2ccon2)cc1. The highest BCUT2D eigenvalue weighted by molar-refractivity contribution is 5.90. The smallest absolute Gasteiger partial charge is 0.319 e. The summed E-state index contributed by atoms with van der Waals surface area (Å²) in [6.07, 6.45) is 3.63. The Morgan fingerprint density at radius 1 is 1.11 bits per heavy atom. The lowest BCUT2D eigenvalue weighted by Crippen LogP contribution is -2.42. The molecule has 138 valence electrons. The number of nitrogens with one attached hydrogen (secondary N) is 2. The fraction of sp³-hybridized carbons (Fsp3) is 0.273. The summed E-state index contributed by atoms with van der Waals surface area (Å²) in [5, 5.41) is 10.0. The summed E-state index contributed by atoms with van der Waals surface area (Å²) in [6.45, 7) is 4.42. The van der Waals surface area contributed by atoms with Crippen molar-refractivity contribution in [2.75, 3.05) is 5.32 Å². The van der Waals surface area contributed by atoms with Gasteiger partial charge in [-0.2, -0.15) is 0 Å². The number of hydrogen-bond acceptors (Lipinski definition) is 3. The Hall–Kier alpha value is -3.08. The van der Waals surface area contributed by atoms with Gasteiger partial charge in [-0.15, -0.1) is 0 Å². The first-order chi connectivity index (χ1) is 13.0. The molecule has 5 heteroatoms. The molecule has 0 bridgehead atoms. The predicted octanol–water partition coefficient (Wildman–Crippen LogP) is 5.18. The first-order valence-corrected chi connectivity index (χ1v) is 9.19. The molecule has 1 unspecified atom stereocenters. The van der Waals surface area contributed by atoms with Gasteiger partial charge in [0.25, 0.3) is 0 Å². The number of anilines is 1. The normalized spacial score (nSPS) is 17.8. The molecule has 0 aliphatic heterocycles. The first-order valence-electron chi connectivity index (χ1n) is 9.19. The highest BCUT2D eigenvalue weighted by atomic mass is 16.5. The molecular weight excluding hydrogens is 338 g/mol. The second-order valence-electron chi connectivity index (χ2n) is 7.68. The van der Waals surface area contributed by atoms with Gasteiger partial charge in [0.2, 0.25) is 0 Å². The van der Waals surface area contributed by atoms with Crippen molar-refractivity contribution in [3.8, 4) is 11.3 Å². The molecule has 0 fully saturated rings. The minimum absolute atomic E-state index is 0.00248. The number of carbonyl (C=O) groups is 1. The molecular formula is C22H23N3O2. The van der Waals surface area contributed by atoms with E-state index in [4.69, 9.17) is 4.52 Å². The largest absolute Gasteiger partial charge is 0.364 e. The summed E-state index contributed by atoms with van der Waals surface area (Å²) < 4.78 is 4.87. The molecule has 1 atom stereocenters. The number of aromatic nitrogens is 1. The van der Waals surface area contributed by atoms with Crippen molar-refractivity contribution in [1.29, 1.82) is 0 Å². The molecule has 1 aliphatic rings. The third-order valence-corrected chi connectivity index (χ3v) is 5.34. The number of rotatable bonds is 3. The van der Waals surface area contributed by atoms with Gasteiger partial charge in [-0.1, -0.05) is 55.4 Å². The molecule has 0 saturated heterocycles. The van der Waals surface area contributed by atoms with Crippen molar-refractivity contribution < 1.29 is 9.32 Å². The highest BCUT2D eigenvalue weighted by Crippen LogP contribution is 2.43. The number of hydrogen-bond donors (Lipinski definition) is 2. The summed E-state index contributed by atoms with van der Waals surface area (Å²) >= 11 is 0. The van der Waals surface area contributed by atoms with Gasteiger partial charge in [0.15, 0.2) is 0 Å². The summed E-state index contributed by atoms with van der Waals surface area (Å²) in [5.41, 5.74) is 4.98. The quantitative estimate of drug-likeness (QED) is 0.676. The Labute approximate surface area is 158 Å². The molecule has 5 nitrogen and oxygen atoms in total. The number of amides is 2. The van der Waals surface area contributed by atoms with E-state index in [-0.39, 0.29) is 17.5 Å². The maximum Gasteiger partial charge on any atom is 0.319 e. The van der Waals surface area contributed by atoms with Crippen LogP contribution in [0.25, 0.3) is 11.3 Å². The van der Waals surface area contributed by atoms with E-state index in [1.165, 1.54) is 11.1 Å². The number of aryl methyl sites for hydroxylation is 1. The van der Waals surface area contributed by atoms with E-state index in [1.807, 2.05) is 30.3 Å². The van der Waals surface area contributed by atoms with Crippen LogP contribution >= 0.6 is 0 Å². The molecule has 2 amide bonds. The van der Waals surface area contributed by atoms with Crippen LogP contribution in [0.2, 0.25) is 0 Å². The van der Waals surface area contributed by atoms with Crippen LogP contribution in [0.15, 0.2) is 65.4 Å². The Kier molecular flexibility index (Phi) is 4.44. The second-order valence-corrected chi connectivity index (χ2v) is 7.68. The number of carbonyl (C=O) groups excluding carboxylic acids is 1. The molecule has 1 heterocycles. The Morgan fingerprint density at radius 2 is 1.89 bits per heavy atom. The standard InChI is InChI=1S/C22H23N3O2/c1-22(2)13-11-15-5-3-4-6-18(15)20(22)24-21(26)23-17-9-7-16(8-10-17)19-12-14-27-25-19/h3-10,12,14,20H,11,13H2,1-2H3,(H2,23,24,26). The molecule has 2 aromatic carbocycles. The van der Waals surface area contributed by atoms with Gasteiger partial charge in [0, 0.05) is 17.3 Å². The van der Waals surface area contributed by atoms with E-state index in [0.717, 1.165) is 29.8 Å². The lowest BCUT2D eigenvalue weighted by atomic mass is 9.70. The van der Waals surface area contributed by atoms with Crippen LogP contribution in [-0.2, 0) is 6.42 Å². The molecule has 0 radical (unpaired) electrons. The van der Waals surface area contributed by atoms with Gasteiger partial charge < -0.3 is 15.2 Å². The van der Waals surface area contributed by atoms with Gasteiger partial charge in [0.1, 0.15) is 12.0 Å². The third kappa shape index (κ3) is 3.58. The molecule has 27 heavy (non-hydrogen) atoms.